The van der Waals surface area contributed by atoms with Crippen molar-refractivity contribution < 1.29 is 4.74 Å². The van der Waals surface area contributed by atoms with Gasteiger partial charge in [-0.2, -0.15) is 11.3 Å². The van der Waals surface area contributed by atoms with Crippen LogP contribution in [-0.4, -0.2) is 13.2 Å². The van der Waals surface area contributed by atoms with E-state index in [0.29, 0.717) is 0 Å². The molecule has 20 heavy (non-hydrogen) atoms. The van der Waals surface area contributed by atoms with Crippen LogP contribution in [0.1, 0.15) is 37.4 Å². The second-order valence-electron chi connectivity index (χ2n) is 4.59. The summed E-state index contributed by atoms with van der Waals surface area (Å²) in [4.78, 5) is 0. The Bertz CT molecular complexity index is 541. The molecule has 4 heteroatoms. The van der Waals surface area contributed by atoms with E-state index < -0.39 is 0 Å². The van der Waals surface area contributed by atoms with Crippen LogP contribution in [0.3, 0.4) is 0 Å². The second kappa shape index (κ2) is 7.81. The zero-order valence-electron chi connectivity index (χ0n) is 11.9. The molecule has 0 radical (unpaired) electrons. The summed E-state index contributed by atoms with van der Waals surface area (Å²) in [6.45, 7) is 5.93. The molecule has 0 aliphatic rings. The van der Waals surface area contributed by atoms with Crippen LogP contribution in [0.25, 0.3) is 0 Å². The molecule has 1 unspecified atom stereocenters. The molecule has 0 aliphatic carbocycles. The Kier molecular flexibility index (Phi) is 6.07. The first-order valence-electron chi connectivity index (χ1n) is 6.94. The monoisotopic (exact) mass is 353 g/mol. The SMILES string of the molecule is CCCOc1cccc(C(NCC)c2cscc2Br)c1. The smallest absolute Gasteiger partial charge is 0.119 e. The van der Waals surface area contributed by atoms with E-state index in [1.54, 1.807) is 11.3 Å². The van der Waals surface area contributed by atoms with Crippen LogP contribution < -0.4 is 10.1 Å². The Balaban J connectivity index is 2.27. The first-order chi connectivity index (χ1) is 9.76. The molecule has 108 valence electrons. The summed E-state index contributed by atoms with van der Waals surface area (Å²) in [7, 11) is 0. The number of ether oxygens (including phenoxy) is 1. The summed E-state index contributed by atoms with van der Waals surface area (Å²) in [5.41, 5.74) is 2.52. The molecule has 1 N–H and O–H groups in total. The highest BCUT2D eigenvalue weighted by Gasteiger charge is 2.17. The molecule has 2 aromatic rings. The summed E-state index contributed by atoms with van der Waals surface area (Å²) in [5, 5.41) is 7.86. The largest absolute Gasteiger partial charge is 0.494 e. The molecular formula is C16H20BrNOS. The van der Waals surface area contributed by atoms with E-state index in [2.05, 4.69) is 64.1 Å². The third-order valence-corrected chi connectivity index (χ3v) is 4.78. The maximum Gasteiger partial charge on any atom is 0.119 e. The summed E-state index contributed by atoms with van der Waals surface area (Å²) < 4.78 is 6.90. The van der Waals surface area contributed by atoms with Crippen LogP contribution in [0, 0.1) is 0 Å². The second-order valence-corrected chi connectivity index (χ2v) is 6.18. The van der Waals surface area contributed by atoms with Gasteiger partial charge >= 0.3 is 0 Å². The third-order valence-electron chi connectivity index (χ3n) is 3.03. The Morgan fingerprint density at radius 1 is 1.30 bits per heavy atom. The van der Waals surface area contributed by atoms with Crippen LogP contribution in [0.5, 0.6) is 5.75 Å². The van der Waals surface area contributed by atoms with Crippen molar-refractivity contribution in [3.05, 3.63) is 50.6 Å². The molecule has 0 aliphatic heterocycles. The molecule has 2 nitrogen and oxygen atoms in total. The van der Waals surface area contributed by atoms with Gasteiger partial charge in [-0.15, -0.1) is 0 Å². The molecule has 0 saturated heterocycles. The maximum absolute atomic E-state index is 5.73. The van der Waals surface area contributed by atoms with Gasteiger partial charge in [0.05, 0.1) is 12.6 Å². The highest BCUT2D eigenvalue weighted by Crippen LogP contribution is 2.32. The van der Waals surface area contributed by atoms with E-state index in [0.717, 1.165) is 29.8 Å². The first-order valence-corrected chi connectivity index (χ1v) is 8.67. The third kappa shape index (κ3) is 3.84. The summed E-state index contributed by atoms with van der Waals surface area (Å²) in [6.07, 6.45) is 1.02. The lowest BCUT2D eigenvalue weighted by molar-refractivity contribution is 0.317. The number of hydrogen-bond donors (Lipinski definition) is 1. The minimum Gasteiger partial charge on any atom is -0.494 e. The average Bonchev–Trinajstić information content (AvgIpc) is 2.89. The highest BCUT2D eigenvalue weighted by molar-refractivity contribution is 9.10. The van der Waals surface area contributed by atoms with Crippen molar-refractivity contribution in [3.63, 3.8) is 0 Å². The van der Waals surface area contributed by atoms with Crippen LogP contribution >= 0.6 is 27.3 Å². The summed E-state index contributed by atoms with van der Waals surface area (Å²) >= 11 is 5.35. The van der Waals surface area contributed by atoms with E-state index in [-0.39, 0.29) is 6.04 Å². The van der Waals surface area contributed by atoms with Gasteiger partial charge < -0.3 is 10.1 Å². The van der Waals surface area contributed by atoms with E-state index in [1.807, 2.05) is 6.07 Å². The van der Waals surface area contributed by atoms with Crippen LogP contribution in [-0.2, 0) is 0 Å². The Morgan fingerprint density at radius 3 is 2.80 bits per heavy atom. The molecule has 2 rings (SSSR count). The van der Waals surface area contributed by atoms with E-state index in [1.165, 1.54) is 11.1 Å². The van der Waals surface area contributed by atoms with Gasteiger partial charge in [-0.25, -0.2) is 0 Å². The minimum absolute atomic E-state index is 0.200. The number of rotatable bonds is 7. The normalized spacial score (nSPS) is 12.3. The van der Waals surface area contributed by atoms with Gasteiger partial charge in [0, 0.05) is 9.85 Å². The lowest BCUT2D eigenvalue weighted by Crippen LogP contribution is -2.21. The van der Waals surface area contributed by atoms with Crippen molar-refractivity contribution in [2.45, 2.75) is 26.3 Å². The van der Waals surface area contributed by atoms with Gasteiger partial charge in [0.25, 0.3) is 0 Å². The fraction of sp³-hybridized carbons (Fsp3) is 0.375. The topological polar surface area (TPSA) is 21.3 Å². The van der Waals surface area contributed by atoms with Crippen molar-refractivity contribution in [1.82, 2.24) is 5.32 Å². The van der Waals surface area contributed by atoms with Gasteiger partial charge in [0.15, 0.2) is 0 Å². The minimum atomic E-state index is 0.200. The molecule has 0 amide bonds. The summed E-state index contributed by atoms with van der Waals surface area (Å²) in [6, 6.07) is 8.56. The van der Waals surface area contributed by atoms with Crippen LogP contribution in [0.4, 0.5) is 0 Å². The molecule has 1 atom stereocenters. The molecular weight excluding hydrogens is 334 g/mol. The van der Waals surface area contributed by atoms with E-state index in [4.69, 9.17) is 4.74 Å². The molecule has 1 heterocycles. The standard InChI is InChI=1S/C16H20BrNOS/c1-3-8-19-13-7-5-6-12(9-13)16(18-4-2)14-10-20-11-15(14)17/h5-7,9-11,16,18H,3-4,8H2,1-2H3. The summed E-state index contributed by atoms with van der Waals surface area (Å²) in [5.74, 6) is 0.943. The van der Waals surface area contributed by atoms with Crippen molar-refractivity contribution in [2.24, 2.45) is 0 Å². The molecule has 0 bridgehead atoms. The Morgan fingerprint density at radius 2 is 2.15 bits per heavy atom. The van der Waals surface area contributed by atoms with Crippen molar-refractivity contribution in [2.75, 3.05) is 13.2 Å². The maximum atomic E-state index is 5.73. The quantitative estimate of drug-likeness (QED) is 0.756. The van der Waals surface area contributed by atoms with Crippen molar-refractivity contribution in [1.29, 1.82) is 0 Å². The predicted molar refractivity (Wildman–Crippen MR) is 89.8 cm³/mol. The lowest BCUT2D eigenvalue weighted by Gasteiger charge is -2.19. The fourth-order valence-corrected chi connectivity index (χ4v) is 3.66. The number of benzene rings is 1. The Hall–Kier alpha value is -0.840. The Labute approximate surface area is 133 Å². The molecule has 0 saturated carbocycles. The highest BCUT2D eigenvalue weighted by atomic mass is 79.9. The average molecular weight is 354 g/mol. The fourth-order valence-electron chi connectivity index (χ4n) is 2.11. The number of hydrogen-bond acceptors (Lipinski definition) is 3. The lowest BCUT2D eigenvalue weighted by atomic mass is 10.0. The number of thiophene rings is 1. The van der Waals surface area contributed by atoms with E-state index >= 15 is 0 Å². The molecule has 0 fully saturated rings. The van der Waals surface area contributed by atoms with E-state index in [9.17, 15) is 0 Å². The molecule has 0 spiro atoms. The van der Waals surface area contributed by atoms with Gasteiger partial charge in [-0.1, -0.05) is 26.0 Å². The zero-order valence-corrected chi connectivity index (χ0v) is 14.3. The first kappa shape index (κ1) is 15.5. The number of nitrogens with one attached hydrogen (secondary N) is 1. The zero-order chi connectivity index (χ0) is 14.4. The van der Waals surface area contributed by atoms with Crippen LogP contribution in [0.2, 0.25) is 0 Å². The van der Waals surface area contributed by atoms with Gasteiger partial charge in [-0.05, 0) is 57.5 Å². The van der Waals surface area contributed by atoms with Gasteiger partial charge in [-0.3, -0.25) is 0 Å². The molecule has 1 aromatic carbocycles. The van der Waals surface area contributed by atoms with Crippen molar-refractivity contribution >= 4 is 27.3 Å². The van der Waals surface area contributed by atoms with Crippen LogP contribution in [0.15, 0.2) is 39.5 Å². The number of halogens is 1. The van der Waals surface area contributed by atoms with Gasteiger partial charge in [0.1, 0.15) is 5.75 Å². The van der Waals surface area contributed by atoms with Gasteiger partial charge in [0.2, 0.25) is 0 Å². The van der Waals surface area contributed by atoms with Crippen molar-refractivity contribution in [3.8, 4) is 5.75 Å². The predicted octanol–water partition coefficient (Wildman–Crippen LogP) is 5.00. The molecule has 1 aromatic heterocycles.